The fourth-order valence-corrected chi connectivity index (χ4v) is 1.52. The average Bonchev–Trinajstić information content (AvgIpc) is 2.31. The van der Waals surface area contributed by atoms with Crippen LogP contribution >= 0.6 is 0 Å². The van der Waals surface area contributed by atoms with Gasteiger partial charge in [0.1, 0.15) is 0 Å². The third-order valence-corrected chi connectivity index (χ3v) is 2.41. The summed E-state index contributed by atoms with van der Waals surface area (Å²) in [7, 11) is 0. The Bertz CT molecular complexity index is 243. The standard InChI is InChI=1S/C10H21N3O3/c1-3-5-8(9(11)12-16)10(15)13(4-2)6-7-14/h8,14,16H,3-7H2,1-2H3,(H2,11,12). The number of amides is 1. The SMILES string of the molecule is CCCC(C(=O)N(CC)CCO)C(N)=NO. The lowest BCUT2D eigenvalue weighted by Gasteiger charge is -2.24. The first kappa shape index (κ1) is 14.7. The van der Waals surface area contributed by atoms with Crippen LogP contribution in [0.1, 0.15) is 26.7 Å². The third-order valence-electron chi connectivity index (χ3n) is 2.41. The Morgan fingerprint density at radius 3 is 2.50 bits per heavy atom. The van der Waals surface area contributed by atoms with Gasteiger partial charge in [-0.15, -0.1) is 0 Å². The first-order chi connectivity index (χ1) is 7.62. The van der Waals surface area contributed by atoms with Crippen molar-refractivity contribution in [3.8, 4) is 0 Å². The predicted octanol–water partition coefficient (Wildman–Crippen LogP) is -0.0101. The Labute approximate surface area is 95.7 Å². The summed E-state index contributed by atoms with van der Waals surface area (Å²) >= 11 is 0. The number of amidine groups is 1. The second-order valence-electron chi connectivity index (χ2n) is 3.51. The van der Waals surface area contributed by atoms with E-state index in [9.17, 15) is 4.79 Å². The molecule has 0 heterocycles. The van der Waals surface area contributed by atoms with Crippen molar-refractivity contribution in [2.45, 2.75) is 26.7 Å². The van der Waals surface area contributed by atoms with E-state index in [0.717, 1.165) is 6.42 Å². The Hall–Kier alpha value is -1.30. The first-order valence-electron chi connectivity index (χ1n) is 5.49. The molecule has 0 aromatic carbocycles. The van der Waals surface area contributed by atoms with E-state index in [2.05, 4.69) is 5.16 Å². The zero-order valence-electron chi connectivity index (χ0n) is 9.89. The minimum Gasteiger partial charge on any atom is -0.409 e. The number of likely N-dealkylation sites (N-methyl/N-ethyl adjacent to an activating group) is 1. The van der Waals surface area contributed by atoms with Gasteiger partial charge in [0.2, 0.25) is 5.91 Å². The highest BCUT2D eigenvalue weighted by Gasteiger charge is 2.26. The maximum atomic E-state index is 12.0. The number of oxime groups is 1. The van der Waals surface area contributed by atoms with Crippen LogP contribution in [0.25, 0.3) is 0 Å². The maximum absolute atomic E-state index is 12.0. The average molecular weight is 231 g/mol. The molecule has 0 spiro atoms. The molecule has 0 bridgehead atoms. The van der Waals surface area contributed by atoms with Gasteiger partial charge in [-0.2, -0.15) is 0 Å². The molecule has 1 atom stereocenters. The van der Waals surface area contributed by atoms with Gasteiger partial charge >= 0.3 is 0 Å². The predicted molar refractivity (Wildman–Crippen MR) is 61.1 cm³/mol. The van der Waals surface area contributed by atoms with Gasteiger partial charge in [-0.25, -0.2) is 0 Å². The molecule has 1 unspecified atom stereocenters. The van der Waals surface area contributed by atoms with E-state index in [1.165, 1.54) is 4.90 Å². The lowest BCUT2D eigenvalue weighted by Crippen LogP contribution is -2.43. The zero-order chi connectivity index (χ0) is 12.6. The molecule has 0 saturated carbocycles. The van der Waals surface area contributed by atoms with Gasteiger partial charge in [-0.3, -0.25) is 4.79 Å². The van der Waals surface area contributed by atoms with Gasteiger partial charge in [0.05, 0.1) is 12.5 Å². The molecule has 0 rings (SSSR count). The summed E-state index contributed by atoms with van der Waals surface area (Å²) in [6.45, 7) is 4.43. The molecule has 0 fully saturated rings. The van der Waals surface area contributed by atoms with Gasteiger partial charge in [-0.05, 0) is 13.3 Å². The molecule has 16 heavy (non-hydrogen) atoms. The fourth-order valence-electron chi connectivity index (χ4n) is 1.52. The Morgan fingerprint density at radius 1 is 1.50 bits per heavy atom. The summed E-state index contributed by atoms with van der Waals surface area (Å²) in [6, 6.07) is 0. The number of aliphatic hydroxyl groups excluding tert-OH is 1. The van der Waals surface area contributed by atoms with Crippen molar-refractivity contribution in [3.05, 3.63) is 0 Å². The molecular weight excluding hydrogens is 210 g/mol. The van der Waals surface area contributed by atoms with Crippen LogP contribution in [0.15, 0.2) is 5.16 Å². The van der Waals surface area contributed by atoms with Crippen molar-refractivity contribution in [2.75, 3.05) is 19.7 Å². The quantitative estimate of drug-likeness (QED) is 0.248. The van der Waals surface area contributed by atoms with Crippen LogP contribution in [0.5, 0.6) is 0 Å². The second-order valence-corrected chi connectivity index (χ2v) is 3.51. The van der Waals surface area contributed by atoms with E-state index >= 15 is 0 Å². The minimum atomic E-state index is -0.596. The summed E-state index contributed by atoms with van der Waals surface area (Å²) in [5.74, 6) is -0.863. The summed E-state index contributed by atoms with van der Waals surface area (Å²) < 4.78 is 0. The van der Waals surface area contributed by atoms with Gasteiger partial charge in [0.15, 0.2) is 5.84 Å². The van der Waals surface area contributed by atoms with Crippen LogP contribution in [0.4, 0.5) is 0 Å². The molecule has 0 aliphatic heterocycles. The molecular formula is C10H21N3O3. The Morgan fingerprint density at radius 2 is 2.12 bits per heavy atom. The summed E-state index contributed by atoms with van der Waals surface area (Å²) in [4.78, 5) is 13.5. The monoisotopic (exact) mass is 231 g/mol. The summed E-state index contributed by atoms with van der Waals surface area (Å²) in [6.07, 6.45) is 1.31. The fraction of sp³-hybridized carbons (Fsp3) is 0.800. The molecule has 0 aliphatic rings. The third kappa shape index (κ3) is 4.06. The molecule has 4 N–H and O–H groups in total. The number of carbonyl (C=O) groups excluding carboxylic acids is 1. The van der Waals surface area contributed by atoms with Crippen LogP contribution in [-0.2, 0) is 4.79 Å². The van der Waals surface area contributed by atoms with Crippen molar-refractivity contribution in [1.82, 2.24) is 4.90 Å². The number of rotatable bonds is 7. The topological polar surface area (TPSA) is 99.2 Å². The zero-order valence-corrected chi connectivity index (χ0v) is 9.89. The van der Waals surface area contributed by atoms with Crippen molar-refractivity contribution in [1.29, 1.82) is 0 Å². The van der Waals surface area contributed by atoms with Crippen molar-refractivity contribution in [2.24, 2.45) is 16.8 Å². The van der Waals surface area contributed by atoms with Crippen LogP contribution in [0.2, 0.25) is 0 Å². The van der Waals surface area contributed by atoms with E-state index in [1.54, 1.807) is 0 Å². The van der Waals surface area contributed by atoms with E-state index in [1.807, 2.05) is 13.8 Å². The number of nitrogens with zero attached hydrogens (tertiary/aromatic N) is 2. The lowest BCUT2D eigenvalue weighted by atomic mass is 10.0. The van der Waals surface area contributed by atoms with Crippen LogP contribution in [-0.4, -0.2) is 46.7 Å². The van der Waals surface area contributed by atoms with Gasteiger partial charge in [-0.1, -0.05) is 18.5 Å². The van der Waals surface area contributed by atoms with Crippen LogP contribution < -0.4 is 5.73 Å². The Kier molecular flexibility index (Phi) is 7.28. The highest BCUT2D eigenvalue weighted by molar-refractivity contribution is 6.02. The summed E-state index contributed by atoms with van der Waals surface area (Å²) in [5.41, 5.74) is 5.48. The molecule has 1 amide bonds. The molecule has 94 valence electrons. The normalized spacial score (nSPS) is 13.6. The molecule has 0 radical (unpaired) electrons. The number of hydrogen-bond donors (Lipinski definition) is 3. The molecule has 6 nitrogen and oxygen atoms in total. The van der Waals surface area contributed by atoms with Gasteiger partial charge in [0, 0.05) is 13.1 Å². The smallest absolute Gasteiger partial charge is 0.233 e. The Balaban J connectivity index is 4.70. The minimum absolute atomic E-state index is 0.0664. The van der Waals surface area contributed by atoms with E-state index in [4.69, 9.17) is 16.0 Å². The molecule has 0 aromatic rings. The first-order valence-corrected chi connectivity index (χ1v) is 5.49. The lowest BCUT2D eigenvalue weighted by molar-refractivity contribution is -0.133. The highest BCUT2D eigenvalue weighted by atomic mass is 16.4. The largest absolute Gasteiger partial charge is 0.409 e. The van der Waals surface area contributed by atoms with Gasteiger partial charge < -0.3 is 20.9 Å². The number of nitrogens with two attached hydrogens (primary N) is 1. The number of carbonyl (C=O) groups is 1. The molecule has 0 aromatic heterocycles. The summed E-state index contributed by atoms with van der Waals surface area (Å²) in [5, 5.41) is 20.3. The van der Waals surface area contributed by atoms with Crippen molar-refractivity contribution in [3.63, 3.8) is 0 Å². The maximum Gasteiger partial charge on any atom is 0.233 e. The number of hydrogen-bond acceptors (Lipinski definition) is 4. The van der Waals surface area contributed by atoms with Crippen LogP contribution in [0.3, 0.4) is 0 Å². The van der Waals surface area contributed by atoms with Gasteiger partial charge in [0.25, 0.3) is 0 Å². The van der Waals surface area contributed by atoms with E-state index < -0.39 is 5.92 Å². The molecule has 6 heteroatoms. The highest BCUT2D eigenvalue weighted by Crippen LogP contribution is 2.11. The van der Waals surface area contributed by atoms with E-state index in [0.29, 0.717) is 13.0 Å². The molecule has 0 saturated heterocycles. The number of aliphatic hydroxyl groups is 1. The van der Waals surface area contributed by atoms with E-state index in [-0.39, 0.29) is 24.9 Å². The molecule has 0 aliphatic carbocycles. The van der Waals surface area contributed by atoms with Crippen molar-refractivity contribution >= 4 is 11.7 Å². The van der Waals surface area contributed by atoms with Crippen molar-refractivity contribution < 1.29 is 15.1 Å². The second kappa shape index (κ2) is 7.92. The van der Waals surface area contributed by atoms with Crippen LogP contribution in [0, 0.1) is 5.92 Å².